The van der Waals surface area contributed by atoms with E-state index in [0.29, 0.717) is 23.5 Å². The summed E-state index contributed by atoms with van der Waals surface area (Å²) in [5.41, 5.74) is 3.39. The third-order valence-electron chi connectivity index (χ3n) is 3.62. The molecule has 0 saturated carbocycles. The van der Waals surface area contributed by atoms with Gasteiger partial charge in [0.2, 0.25) is 0 Å². The van der Waals surface area contributed by atoms with Crippen LogP contribution in [0.3, 0.4) is 0 Å². The molecule has 3 aromatic heterocycles. The number of aromatic nitrogens is 5. The van der Waals surface area contributed by atoms with Gasteiger partial charge in [-0.2, -0.15) is 0 Å². The summed E-state index contributed by atoms with van der Waals surface area (Å²) in [4.78, 5) is 27.9. The summed E-state index contributed by atoms with van der Waals surface area (Å²) in [6.45, 7) is 0.449. The van der Waals surface area contributed by atoms with E-state index >= 15 is 0 Å². The standard InChI is InChI=1S/C17H13N5O/c23-17-21-15-16(22(17)11-12-5-2-1-3-6-12)20-14(10-19-15)13-7-4-8-18-9-13/h1-10H,11H2,(H,19,21,23). The first-order valence-corrected chi connectivity index (χ1v) is 7.21. The Bertz CT molecular complexity index is 1010. The number of nitrogens with zero attached hydrogens (tertiary/aromatic N) is 4. The first-order chi connectivity index (χ1) is 11.3. The Morgan fingerprint density at radius 1 is 1.04 bits per heavy atom. The van der Waals surface area contributed by atoms with Gasteiger partial charge in [0.1, 0.15) is 0 Å². The summed E-state index contributed by atoms with van der Waals surface area (Å²) < 4.78 is 1.59. The van der Waals surface area contributed by atoms with Gasteiger partial charge in [0.05, 0.1) is 18.4 Å². The first-order valence-electron chi connectivity index (χ1n) is 7.21. The zero-order chi connectivity index (χ0) is 15.6. The number of pyridine rings is 1. The molecule has 4 aromatic rings. The molecule has 112 valence electrons. The van der Waals surface area contributed by atoms with E-state index in [1.54, 1.807) is 23.2 Å². The highest BCUT2D eigenvalue weighted by Crippen LogP contribution is 2.17. The second kappa shape index (κ2) is 5.49. The number of rotatable bonds is 3. The third-order valence-corrected chi connectivity index (χ3v) is 3.62. The maximum Gasteiger partial charge on any atom is 0.329 e. The quantitative estimate of drug-likeness (QED) is 0.629. The Balaban J connectivity index is 1.84. The maximum absolute atomic E-state index is 12.2. The van der Waals surface area contributed by atoms with Gasteiger partial charge < -0.3 is 0 Å². The van der Waals surface area contributed by atoms with Crippen molar-refractivity contribution in [1.82, 2.24) is 24.5 Å². The van der Waals surface area contributed by atoms with E-state index < -0.39 is 0 Å². The molecule has 0 aliphatic heterocycles. The molecule has 0 bridgehead atoms. The lowest BCUT2D eigenvalue weighted by Gasteiger charge is -2.04. The predicted octanol–water partition coefficient (Wildman–Crippen LogP) is 2.23. The molecular weight excluding hydrogens is 290 g/mol. The van der Waals surface area contributed by atoms with Gasteiger partial charge in [-0.1, -0.05) is 30.3 Å². The molecule has 0 unspecified atom stereocenters. The number of hydrogen-bond donors (Lipinski definition) is 1. The van der Waals surface area contributed by atoms with Gasteiger partial charge >= 0.3 is 5.69 Å². The second-order valence-corrected chi connectivity index (χ2v) is 5.17. The molecule has 0 saturated heterocycles. The van der Waals surface area contributed by atoms with Crippen LogP contribution in [0.1, 0.15) is 5.56 Å². The number of benzene rings is 1. The highest BCUT2D eigenvalue weighted by atomic mass is 16.1. The molecule has 3 heterocycles. The Hall–Kier alpha value is -3.28. The van der Waals surface area contributed by atoms with Crippen molar-refractivity contribution < 1.29 is 0 Å². The fourth-order valence-corrected chi connectivity index (χ4v) is 2.49. The monoisotopic (exact) mass is 303 g/mol. The number of fused-ring (bicyclic) bond motifs is 1. The minimum atomic E-state index is -0.216. The molecule has 1 aromatic carbocycles. The molecule has 6 heteroatoms. The molecule has 4 rings (SSSR count). The van der Waals surface area contributed by atoms with Crippen LogP contribution in [0.5, 0.6) is 0 Å². The van der Waals surface area contributed by atoms with Crippen molar-refractivity contribution in [2.45, 2.75) is 6.54 Å². The van der Waals surface area contributed by atoms with Gasteiger partial charge in [-0.15, -0.1) is 0 Å². The number of imidazole rings is 1. The molecule has 0 amide bonds. The van der Waals surface area contributed by atoms with E-state index in [4.69, 9.17) is 0 Å². The van der Waals surface area contributed by atoms with E-state index in [9.17, 15) is 4.79 Å². The van der Waals surface area contributed by atoms with Gasteiger partial charge in [0.25, 0.3) is 0 Å². The lowest BCUT2D eigenvalue weighted by Crippen LogP contribution is -2.17. The van der Waals surface area contributed by atoms with Crippen LogP contribution in [0, 0.1) is 0 Å². The maximum atomic E-state index is 12.2. The fourth-order valence-electron chi connectivity index (χ4n) is 2.49. The van der Waals surface area contributed by atoms with Gasteiger partial charge in [-0.25, -0.2) is 14.8 Å². The number of H-pyrrole nitrogens is 1. The average Bonchev–Trinajstić information content (AvgIpc) is 2.92. The molecule has 0 radical (unpaired) electrons. The molecule has 1 N–H and O–H groups in total. The summed E-state index contributed by atoms with van der Waals surface area (Å²) in [5.74, 6) is 0. The van der Waals surface area contributed by atoms with Crippen LogP contribution in [-0.2, 0) is 6.54 Å². The topological polar surface area (TPSA) is 76.5 Å². The van der Waals surface area contributed by atoms with Crippen molar-refractivity contribution in [3.05, 3.63) is 77.1 Å². The van der Waals surface area contributed by atoms with Crippen molar-refractivity contribution in [1.29, 1.82) is 0 Å². The van der Waals surface area contributed by atoms with Crippen molar-refractivity contribution in [2.24, 2.45) is 0 Å². The molecule has 6 nitrogen and oxygen atoms in total. The summed E-state index contributed by atoms with van der Waals surface area (Å²) in [7, 11) is 0. The lowest BCUT2D eigenvalue weighted by atomic mass is 10.2. The van der Waals surface area contributed by atoms with E-state index in [0.717, 1.165) is 11.1 Å². The average molecular weight is 303 g/mol. The van der Waals surface area contributed by atoms with Crippen LogP contribution in [0.15, 0.2) is 65.8 Å². The van der Waals surface area contributed by atoms with Crippen LogP contribution >= 0.6 is 0 Å². The van der Waals surface area contributed by atoms with Crippen molar-refractivity contribution >= 4 is 11.3 Å². The van der Waals surface area contributed by atoms with Crippen molar-refractivity contribution in [3.63, 3.8) is 0 Å². The van der Waals surface area contributed by atoms with Crippen LogP contribution in [-0.4, -0.2) is 24.5 Å². The molecule has 0 aliphatic rings. The summed E-state index contributed by atoms with van der Waals surface area (Å²) in [6.07, 6.45) is 5.07. The molecule has 0 fully saturated rings. The van der Waals surface area contributed by atoms with Gasteiger partial charge in [0.15, 0.2) is 11.3 Å². The minimum absolute atomic E-state index is 0.216. The molecule has 0 aliphatic carbocycles. The highest BCUT2D eigenvalue weighted by Gasteiger charge is 2.11. The Morgan fingerprint density at radius 3 is 2.70 bits per heavy atom. The van der Waals surface area contributed by atoms with E-state index in [1.165, 1.54) is 0 Å². The smallest absolute Gasteiger partial charge is 0.289 e. The Morgan fingerprint density at radius 2 is 1.91 bits per heavy atom. The van der Waals surface area contributed by atoms with E-state index in [1.807, 2.05) is 42.5 Å². The summed E-state index contributed by atoms with van der Waals surface area (Å²) >= 11 is 0. The van der Waals surface area contributed by atoms with Crippen molar-refractivity contribution in [2.75, 3.05) is 0 Å². The summed E-state index contributed by atoms with van der Waals surface area (Å²) in [5, 5.41) is 0. The zero-order valence-electron chi connectivity index (χ0n) is 12.2. The number of aromatic amines is 1. The van der Waals surface area contributed by atoms with Gasteiger partial charge in [-0.3, -0.25) is 14.5 Å². The lowest BCUT2D eigenvalue weighted by molar-refractivity contribution is 0.778. The molecule has 0 spiro atoms. The Kier molecular flexibility index (Phi) is 3.20. The third kappa shape index (κ3) is 2.50. The second-order valence-electron chi connectivity index (χ2n) is 5.17. The van der Waals surface area contributed by atoms with E-state index in [-0.39, 0.29) is 5.69 Å². The van der Waals surface area contributed by atoms with Gasteiger partial charge in [-0.05, 0) is 17.7 Å². The predicted molar refractivity (Wildman–Crippen MR) is 86.9 cm³/mol. The van der Waals surface area contributed by atoms with Crippen molar-refractivity contribution in [3.8, 4) is 11.3 Å². The molecular formula is C17H13N5O. The minimum Gasteiger partial charge on any atom is -0.289 e. The first kappa shape index (κ1) is 13.4. The molecule has 23 heavy (non-hydrogen) atoms. The SMILES string of the molecule is O=c1[nH]c2ncc(-c3cccnc3)nc2n1Cc1ccccc1. The highest BCUT2D eigenvalue weighted by molar-refractivity contribution is 5.70. The number of nitrogens with one attached hydrogen (secondary N) is 1. The van der Waals surface area contributed by atoms with Crippen LogP contribution in [0.4, 0.5) is 0 Å². The molecule has 0 atom stereocenters. The van der Waals surface area contributed by atoms with E-state index in [2.05, 4.69) is 19.9 Å². The van der Waals surface area contributed by atoms with Crippen LogP contribution in [0.2, 0.25) is 0 Å². The summed E-state index contributed by atoms with van der Waals surface area (Å²) in [6, 6.07) is 13.5. The number of hydrogen-bond acceptors (Lipinski definition) is 4. The largest absolute Gasteiger partial charge is 0.329 e. The van der Waals surface area contributed by atoms with Crippen LogP contribution < -0.4 is 5.69 Å². The fraction of sp³-hybridized carbons (Fsp3) is 0.0588. The van der Waals surface area contributed by atoms with Gasteiger partial charge in [0, 0.05) is 18.0 Å². The Labute approximate surface area is 131 Å². The van der Waals surface area contributed by atoms with Crippen LogP contribution in [0.25, 0.3) is 22.6 Å². The zero-order valence-corrected chi connectivity index (χ0v) is 12.2. The normalized spacial score (nSPS) is 11.0.